The van der Waals surface area contributed by atoms with E-state index in [1.165, 1.54) is 0 Å². The van der Waals surface area contributed by atoms with Crippen molar-refractivity contribution < 1.29 is 53.0 Å². The topological polar surface area (TPSA) is 86.0 Å². The quantitative estimate of drug-likeness (QED) is 0.585. The predicted octanol–water partition coefficient (Wildman–Crippen LogP) is 3.85. The van der Waals surface area contributed by atoms with E-state index < -0.39 is 54.9 Å². The van der Waals surface area contributed by atoms with E-state index >= 15 is 0 Å². The zero-order valence-electron chi connectivity index (χ0n) is 14.1. The highest BCUT2D eigenvalue weighted by molar-refractivity contribution is 5.30. The summed E-state index contributed by atoms with van der Waals surface area (Å²) in [4.78, 5) is 10.3. The molecule has 168 valence electrons. The van der Waals surface area contributed by atoms with Crippen LogP contribution in [0.2, 0.25) is 0 Å². The minimum absolute atomic E-state index is 0.221. The highest BCUT2D eigenvalue weighted by Gasteiger charge is 2.79. The fraction of sp³-hybridized carbons (Fsp3) is 0.750. The number of hydrogen-bond acceptors (Lipinski definition) is 6. The summed E-state index contributed by atoms with van der Waals surface area (Å²) in [5, 5.41) is 2.48. The van der Waals surface area contributed by atoms with Gasteiger partial charge in [0.2, 0.25) is 11.9 Å². The summed E-state index contributed by atoms with van der Waals surface area (Å²) in [5.41, 5.74) is 5.23. The second-order valence-corrected chi connectivity index (χ2v) is 5.38. The van der Waals surface area contributed by atoms with Crippen molar-refractivity contribution in [3.8, 4) is 0 Å². The van der Waals surface area contributed by atoms with Crippen LogP contribution in [-0.4, -0.2) is 51.7 Å². The van der Waals surface area contributed by atoms with E-state index in [0.717, 1.165) is 0 Å². The summed E-state index contributed by atoms with van der Waals surface area (Å²) < 4.78 is 143. The molecule has 1 aromatic heterocycles. The van der Waals surface area contributed by atoms with Crippen molar-refractivity contribution in [3.63, 3.8) is 0 Å². The third-order valence-electron chi connectivity index (χ3n) is 3.12. The van der Waals surface area contributed by atoms with Crippen molar-refractivity contribution >= 4 is 11.9 Å². The number of alkyl halides is 11. The average Bonchev–Trinajstić information content (AvgIpc) is 2.50. The van der Waals surface area contributed by atoms with Crippen LogP contribution in [0.3, 0.4) is 0 Å². The molecule has 0 atom stereocenters. The number of aromatic nitrogens is 3. The van der Waals surface area contributed by atoms with Gasteiger partial charge >= 0.3 is 30.2 Å². The van der Waals surface area contributed by atoms with Crippen LogP contribution >= 0.6 is 0 Å². The van der Waals surface area contributed by atoms with E-state index in [4.69, 9.17) is 5.73 Å². The van der Waals surface area contributed by atoms with Crippen molar-refractivity contribution in [2.45, 2.75) is 50.0 Å². The first kappa shape index (κ1) is 24.8. The van der Waals surface area contributed by atoms with Crippen LogP contribution in [0.5, 0.6) is 0 Å². The van der Waals surface area contributed by atoms with Crippen LogP contribution in [0.1, 0.15) is 19.2 Å². The molecule has 29 heavy (non-hydrogen) atoms. The summed E-state index contributed by atoms with van der Waals surface area (Å²) in [6, 6.07) is 0. The van der Waals surface area contributed by atoms with Gasteiger partial charge in [0.05, 0.1) is 0 Å². The maximum absolute atomic E-state index is 13.6. The molecule has 17 heteroatoms. The van der Waals surface area contributed by atoms with E-state index in [1.807, 2.05) is 4.74 Å². The number of nitrogen functional groups attached to an aromatic ring is 1. The summed E-state index contributed by atoms with van der Waals surface area (Å²) in [6.45, 7) is 1.79. The molecule has 0 fully saturated rings. The Morgan fingerprint density at radius 3 is 1.83 bits per heavy atom. The van der Waals surface area contributed by atoms with E-state index in [0.29, 0.717) is 0 Å². The second kappa shape index (κ2) is 7.91. The van der Waals surface area contributed by atoms with E-state index in [2.05, 4.69) is 20.3 Å². The zero-order valence-corrected chi connectivity index (χ0v) is 14.1. The van der Waals surface area contributed by atoms with Crippen LogP contribution in [0.15, 0.2) is 0 Å². The fourth-order valence-corrected chi connectivity index (χ4v) is 1.73. The standard InChI is InChI=1S/C12H12F11N5O/c1-2-25-7-27-5(26-6(24)28-7)3-4-8(13,14)12(22,23)29-9(15,10(16,17)18)11(19,20)21/h2-4H2,1H3,(H3,24,25,26,27,28). The van der Waals surface area contributed by atoms with Crippen molar-refractivity contribution in [1.29, 1.82) is 0 Å². The van der Waals surface area contributed by atoms with Gasteiger partial charge in [-0.25, -0.2) is 0 Å². The Bertz CT molecular complexity index is 692. The highest BCUT2D eigenvalue weighted by atomic mass is 19.4. The molecule has 1 heterocycles. The third kappa shape index (κ3) is 5.45. The van der Waals surface area contributed by atoms with Gasteiger partial charge < -0.3 is 11.1 Å². The van der Waals surface area contributed by atoms with Crippen molar-refractivity contribution in [3.05, 3.63) is 5.82 Å². The summed E-state index contributed by atoms with van der Waals surface area (Å²) in [7, 11) is 0. The molecule has 0 aromatic carbocycles. The molecule has 0 saturated heterocycles. The largest absolute Gasteiger partial charge is 0.458 e. The van der Waals surface area contributed by atoms with Crippen LogP contribution in [0.4, 0.5) is 60.2 Å². The van der Waals surface area contributed by atoms with Gasteiger partial charge in [-0.2, -0.15) is 63.2 Å². The summed E-state index contributed by atoms with van der Waals surface area (Å²) in [5.74, 6) is -14.1. The van der Waals surface area contributed by atoms with Crippen molar-refractivity contribution in [1.82, 2.24) is 15.0 Å². The lowest BCUT2D eigenvalue weighted by Crippen LogP contribution is -2.61. The molecule has 0 amide bonds. The van der Waals surface area contributed by atoms with Gasteiger partial charge in [-0.05, 0) is 6.92 Å². The molecule has 1 aromatic rings. The number of nitrogens with one attached hydrogen (secondary N) is 1. The fourth-order valence-electron chi connectivity index (χ4n) is 1.73. The van der Waals surface area contributed by atoms with Crippen LogP contribution in [0, 0.1) is 0 Å². The molecule has 0 aliphatic rings. The molecule has 0 radical (unpaired) electrons. The Balaban J connectivity index is 3.08. The van der Waals surface area contributed by atoms with Gasteiger partial charge in [-0.3, -0.25) is 4.74 Å². The number of nitrogens with zero attached hydrogens (tertiary/aromatic N) is 3. The minimum atomic E-state index is -7.12. The molecular formula is C12H12F11N5O. The monoisotopic (exact) mass is 451 g/mol. The van der Waals surface area contributed by atoms with Gasteiger partial charge in [-0.15, -0.1) is 0 Å². The van der Waals surface area contributed by atoms with Crippen LogP contribution in [-0.2, 0) is 11.2 Å². The van der Waals surface area contributed by atoms with Gasteiger partial charge in [0.15, 0.2) is 0 Å². The predicted molar refractivity (Wildman–Crippen MR) is 73.7 cm³/mol. The second-order valence-electron chi connectivity index (χ2n) is 5.38. The van der Waals surface area contributed by atoms with E-state index in [-0.39, 0.29) is 12.5 Å². The number of hydrogen-bond donors (Lipinski definition) is 2. The van der Waals surface area contributed by atoms with Crippen molar-refractivity contribution in [2.24, 2.45) is 0 Å². The molecule has 0 saturated carbocycles. The Kier molecular flexibility index (Phi) is 6.77. The number of ether oxygens (including phenoxy) is 1. The summed E-state index contributed by atoms with van der Waals surface area (Å²) in [6.07, 6.45) is -24.0. The highest BCUT2D eigenvalue weighted by Crippen LogP contribution is 2.52. The molecular weight excluding hydrogens is 439 g/mol. The molecule has 0 aliphatic heterocycles. The van der Waals surface area contributed by atoms with E-state index in [9.17, 15) is 48.3 Å². The maximum atomic E-state index is 13.6. The van der Waals surface area contributed by atoms with Crippen LogP contribution < -0.4 is 11.1 Å². The average molecular weight is 451 g/mol. The Morgan fingerprint density at radius 2 is 1.38 bits per heavy atom. The molecule has 3 N–H and O–H groups in total. The first-order valence-electron chi connectivity index (χ1n) is 7.39. The first-order valence-corrected chi connectivity index (χ1v) is 7.39. The van der Waals surface area contributed by atoms with Crippen molar-refractivity contribution in [2.75, 3.05) is 17.6 Å². The lowest BCUT2D eigenvalue weighted by molar-refractivity contribution is -0.503. The van der Waals surface area contributed by atoms with Gasteiger partial charge in [0.25, 0.3) is 0 Å². The molecule has 0 aliphatic carbocycles. The number of rotatable bonds is 8. The number of anilines is 2. The summed E-state index contributed by atoms with van der Waals surface area (Å²) >= 11 is 0. The lowest BCUT2D eigenvalue weighted by atomic mass is 10.1. The zero-order chi connectivity index (χ0) is 22.9. The minimum Gasteiger partial charge on any atom is -0.368 e. The maximum Gasteiger partial charge on any atom is 0.458 e. The number of nitrogens with two attached hydrogens (primary N) is 1. The number of aryl methyl sites for hydroxylation is 1. The normalized spacial score (nSPS) is 14.2. The lowest BCUT2D eigenvalue weighted by Gasteiger charge is -2.35. The Labute approximate surface area is 154 Å². The van der Waals surface area contributed by atoms with Crippen LogP contribution in [0.25, 0.3) is 0 Å². The molecule has 0 spiro atoms. The molecule has 0 bridgehead atoms. The molecule has 6 nitrogen and oxygen atoms in total. The first-order chi connectivity index (χ1) is 12.9. The van der Waals surface area contributed by atoms with Gasteiger partial charge in [0.1, 0.15) is 5.82 Å². The van der Waals surface area contributed by atoms with Gasteiger partial charge in [-0.1, -0.05) is 0 Å². The number of halogens is 11. The molecule has 0 unspecified atom stereocenters. The SMILES string of the molecule is CCNc1nc(N)nc(CCC(F)(F)C(F)(F)OC(F)(C(F)(F)F)C(F)(F)F)n1. The smallest absolute Gasteiger partial charge is 0.368 e. The Morgan fingerprint density at radius 1 is 0.862 bits per heavy atom. The Hall–Kier alpha value is -2.20. The van der Waals surface area contributed by atoms with Gasteiger partial charge in [0, 0.05) is 19.4 Å². The van der Waals surface area contributed by atoms with E-state index in [1.54, 1.807) is 6.92 Å². The third-order valence-corrected chi connectivity index (χ3v) is 3.12. The molecule has 1 rings (SSSR count).